The maximum Gasteiger partial charge on any atom is 0.0495 e. The number of nitrogens with one attached hydrogen (secondary N) is 1. The van der Waals surface area contributed by atoms with Crippen LogP contribution >= 0.6 is 0 Å². The third kappa shape index (κ3) is 3.73. The minimum Gasteiger partial charge on any atom is -0.354 e. The summed E-state index contributed by atoms with van der Waals surface area (Å²) in [5.41, 5.74) is 5.02. The number of nitrogens with zero attached hydrogens (tertiary/aromatic N) is 1. The first-order chi connectivity index (χ1) is 17.3. The van der Waals surface area contributed by atoms with Crippen molar-refractivity contribution in [2.45, 2.75) is 14.9 Å². The van der Waals surface area contributed by atoms with Crippen LogP contribution in [-0.2, 0) is 7.05 Å². The summed E-state index contributed by atoms with van der Waals surface area (Å²) >= 11 is 0. The molecule has 8 aromatic rings. The fraction of sp³-hybridized carbons (Fsp3) is 0.0857. The lowest BCUT2D eigenvalue weighted by Gasteiger charge is -2.01. The van der Waals surface area contributed by atoms with E-state index in [0.717, 1.165) is 0 Å². The van der Waals surface area contributed by atoms with Crippen LogP contribution in [0.1, 0.15) is 14.9 Å². The van der Waals surface area contributed by atoms with Crippen LogP contribution in [0.5, 0.6) is 0 Å². The Labute approximate surface area is 217 Å². The lowest BCUT2D eigenvalue weighted by Crippen LogP contribution is -1.85. The summed E-state index contributed by atoms with van der Waals surface area (Å²) in [7, 11) is 2.14. The van der Waals surface area contributed by atoms with Gasteiger partial charge in [0.2, 0.25) is 0 Å². The molecule has 1 N–H and O–H groups in total. The molecule has 0 unspecified atom stereocenters. The highest BCUT2D eigenvalue weighted by Crippen LogP contribution is 2.34. The van der Waals surface area contributed by atoms with Gasteiger partial charge in [-0.15, -0.1) is 0 Å². The standard InChI is InChI=1S/C17H13N.C16H11N.2CH4/c1-18-15-9-5-4-8-14(15)17-13-7-3-2-6-12(13)10-11-16(17)18;1-2-6-12-11(5-1)9-10-15-16(12)13-7-3-4-8-14(13)17-15;;/h2-11H,1H3;1-10,17H;2*1H4. The van der Waals surface area contributed by atoms with Gasteiger partial charge in [-0.25, -0.2) is 0 Å². The van der Waals surface area contributed by atoms with Gasteiger partial charge in [-0.1, -0.05) is 112 Å². The molecule has 2 nitrogen and oxygen atoms in total. The number of benzene rings is 6. The molecular weight excluding hydrogens is 448 g/mol. The van der Waals surface area contributed by atoms with Crippen molar-refractivity contribution >= 4 is 65.2 Å². The average Bonchev–Trinajstić information content (AvgIpc) is 3.45. The zero-order valence-corrected chi connectivity index (χ0v) is 19.5. The van der Waals surface area contributed by atoms with Crippen molar-refractivity contribution in [2.75, 3.05) is 0 Å². The fourth-order valence-electron chi connectivity index (χ4n) is 5.55. The monoisotopic (exact) mass is 480 g/mol. The molecule has 0 bridgehead atoms. The van der Waals surface area contributed by atoms with Crippen molar-refractivity contribution in [3.05, 3.63) is 121 Å². The molecule has 6 aromatic carbocycles. The lowest BCUT2D eigenvalue weighted by atomic mass is 10.0. The third-order valence-corrected chi connectivity index (χ3v) is 7.20. The second kappa shape index (κ2) is 9.48. The van der Waals surface area contributed by atoms with Gasteiger partial charge in [0.05, 0.1) is 0 Å². The molecule has 0 aliphatic rings. The molecule has 8 rings (SSSR count). The molecule has 0 spiro atoms. The maximum atomic E-state index is 3.47. The Hall–Kier alpha value is -4.56. The molecule has 0 aliphatic carbocycles. The molecule has 0 amide bonds. The topological polar surface area (TPSA) is 20.7 Å². The van der Waals surface area contributed by atoms with Gasteiger partial charge in [0.25, 0.3) is 0 Å². The highest BCUT2D eigenvalue weighted by atomic mass is 14.9. The minimum atomic E-state index is 0. The van der Waals surface area contributed by atoms with E-state index >= 15 is 0 Å². The highest BCUT2D eigenvalue weighted by molar-refractivity contribution is 6.21. The van der Waals surface area contributed by atoms with Crippen LogP contribution < -0.4 is 0 Å². The largest absolute Gasteiger partial charge is 0.354 e. The van der Waals surface area contributed by atoms with Gasteiger partial charge in [-0.05, 0) is 45.8 Å². The molecule has 2 aromatic heterocycles. The first-order valence-electron chi connectivity index (χ1n) is 12.0. The smallest absolute Gasteiger partial charge is 0.0495 e. The van der Waals surface area contributed by atoms with E-state index in [9.17, 15) is 0 Å². The normalized spacial score (nSPS) is 10.9. The second-order valence-corrected chi connectivity index (χ2v) is 9.14. The lowest BCUT2D eigenvalue weighted by molar-refractivity contribution is 1.01. The van der Waals surface area contributed by atoms with Crippen molar-refractivity contribution in [2.24, 2.45) is 7.05 Å². The van der Waals surface area contributed by atoms with Gasteiger partial charge in [0.15, 0.2) is 0 Å². The first-order valence-corrected chi connectivity index (χ1v) is 12.0. The van der Waals surface area contributed by atoms with E-state index in [-0.39, 0.29) is 14.9 Å². The van der Waals surface area contributed by atoms with E-state index in [1.807, 2.05) is 0 Å². The van der Waals surface area contributed by atoms with E-state index in [0.29, 0.717) is 0 Å². The van der Waals surface area contributed by atoms with E-state index < -0.39 is 0 Å². The average molecular weight is 481 g/mol. The molecule has 2 heterocycles. The number of hydrogen-bond donors (Lipinski definition) is 1. The quantitative estimate of drug-likeness (QED) is 0.223. The van der Waals surface area contributed by atoms with E-state index in [1.165, 1.54) is 65.2 Å². The summed E-state index contributed by atoms with van der Waals surface area (Å²) in [4.78, 5) is 3.47. The van der Waals surface area contributed by atoms with Gasteiger partial charge in [0, 0.05) is 50.7 Å². The van der Waals surface area contributed by atoms with Crippen LogP contribution in [0, 0.1) is 0 Å². The summed E-state index contributed by atoms with van der Waals surface area (Å²) in [6.07, 6.45) is 0. The Balaban J connectivity index is 0.000000144. The summed E-state index contributed by atoms with van der Waals surface area (Å²) < 4.78 is 2.27. The van der Waals surface area contributed by atoms with Crippen LogP contribution in [0.4, 0.5) is 0 Å². The van der Waals surface area contributed by atoms with Crippen molar-refractivity contribution in [1.29, 1.82) is 0 Å². The van der Waals surface area contributed by atoms with Gasteiger partial charge in [-0.2, -0.15) is 0 Å². The first kappa shape index (κ1) is 24.1. The third-order valence-electron chi connectivity index (χ3n) is 7.20. The predicted molar refractivity (Wildman–Crippen MR) is 165 cm³/mol. The SMILES string of the molecule is C.C.Cn1c2ccccc2c2c3ccccc3ccc21.c1ccc2c(c1)ccc1[nH]c3ccccc3c12. The van der Waals surface area contributed by atoms with Gasteiger partial charge in [-0.3, -0.25) is 0 Å². The second-order valence-electron chi connectivity index (χ2n) is 9.14. The number of aromatic amines is 1. The minimum absolute atomic E-state index is 0. The molecule has 0 saturated carbocycles. The molecular formula is C35H32N2. The van der Waals surface area contributed by atoms with E-state index in [4.69, 9.17) is 0 Å². The van der Waals surface area contributed by atoms with Gasteiger partial charge < -0.3 is 9.55 Å². The molecule has 0 radical (unpaired) electrons. The number of fused-ring (bicyclic) bond motifs is 10. The number of H-pyrrole nitrogens is 1. The zero-order chi connectivity index (χ0) is 23.4. The Bertz CT molecular complexity index is 2010. The highest BCUT2D eigenvalue weighted by Gasteiger charge is 2.10. The molecule has 0 saturated heterocycles. The summed E-state index contributed by atoms with van der Waals surface area (Å²) in [6.45, 7) is 0. The maximum absolute atomic E-state index is 3.47. The molecule has 0 atom stereocenters. The molecule has 182 valence electrons. The van der Waals surface area contributed by atoms with Gasteiger partial charge >= 0.3 is 0 Å². The number of aryl methyl sites for hydroxylation is 1. The molecule has 37 heavy (non-hydrogen) atoms. The van der Waals surface area contributed by atoms with Crippen molar-refractivity contribution in [1.82, 2.24) is 9.55 Å². The van der Waals surface area contributed by atoms with Crippen LogP contribution in [0.25, 0.3) is 65.2 Å². The number of rotatable bonds is 0. The number of aromatic nitrogens is 2. The number of para-hydroxylation sites is 2. The van der Waals surface area contributed by atoms with Crippen LogP contribution in [-0.4, -0.2) is 9.55 Å². The zero-order valence-electron chi connectivity index (χ0n) is 19.5. The van der Waals surface area contributed by atoms with E-state index in [1.54, 1.807) is 0 Å². The van der Waals surface area contributed by atoms with Crippen LogP contribution in [0.3, 0.4) is 0 Å². The summed E-state index contributed by atoms with van der Waals surface area (Å²) in [6, 6.07) is 43.0. The molecule has 2 heteroatoms. The Morgan fingerprint density at radius 1 is 0.432 bits per heavy atom. The Morgan fingerprint density at radius 2 is 0.973 bits per heavy atom. The Kier molecular flexibility index (Phi) is 6.19. The molecule has 0 fully saturated rings. The summed E-state index contributed by atoms with van der Waals surface area (Å²) in [5, 5.41) is 10.6. The van der Waals surface area contributed by atoms with E-state index in [2.05, 4.69) is 138 Å². The van der Waals surface area contributed by atoms with Crippen molar-refractivity contribution in [3.63, 3.8) is 0 Å². The molecule has 0 aliphatic heterocycles. The fourth-order valence-corrected chi connectivity index (χ4v) is 5.55. The number of hydrogen-bond acceptors (Lipinski definition) is 0. The van der Waals surface area contributed by atoms with Crippen LogP contribution in [0.2, 0.25) is 0 Å². The van der Waals surface area contributed by atoms with Crippen molar-refractivity contribution in [3.8, 4) is 0 Å². The Morgan fingerprint density at radius 3 is 1.70 bits per heavy atom. The predicted octanol–water partition coefficient (Wildman–Crippen LogP) is 10.2. The van der Waals surface area contributed by atoms with Crippen molar-refractivity contribution < 1.29 is 0 Å². The van der Waals surface area contributed by atoms with Gasteiger partial charge in [0.1, 0.15) is 0 Å². The summed E-state index contributed by atoms with van der Waals surface area (Å²) in [5.74, 6) is 0. The van der Waals surface area contributed by atoms with Crippen LogP contribution in [0.15, 0.2) is 121 Å².